The van der Waals surface area contributed by atoms with Gasteiger partial charge in [0.25, 0.3) is 5.91 Å². The van der Waals surface area contributed by atoms with Crippen molar-refractivity contribution in [3.63, 3.8) is 0 Å². The van der Waals surface area contributed by atoms with Crippen molar-refractivity contribution in [1.29, 1.82) is 0 Å². The van der Waals surface area contributed by atoms with Crippen LogP contribution in [0.2, 0.25) is 0 Å². The smallest absolute Gasteiger partial charge is 0.256 e. The van der Waals surface area contributed by atoms with Gasteiger partial charge in [-0.1, -0.05) is 42.5 Å². The molecule has 1 unspecified atom stereocenters. The third-order valence-electron chi connectivity index (χ3n) is 5.23. The van der Waals surface area contributed by atoms with E-state index in [1.807, 2.05) is 42.5 Å². The number of anilines is 1. The first-order valence-electron chi connectivity index (χ1n) is 9.77. The van der Waals surface area contributed by atoms with E-state index in [9.17, 15) is 13.4 Å². The van der Waals surface area contributed by atoms with E-state index in [0.717, 1.165) is 16.7 Å². The van der Waals surface area contributed by atoms with E-state index in [4.69, 9.17) is 0 Å². The van der Waals surface area contributed by atoms with Gasteiger partial charge in [-0.15, -0.1) is 0 Å². The Morgan fingerprint density at radius 1 is 0.903 bits per heavy atom. The quantitative estimate of drug-likeness (QED) is 0.510. The monoisotopic (exact) mass is 431 g/mol. The molecule has 31 heavy (non-hydrogen) atoms. The number of carbonyl (C=O) groups is 1. The first-order chi connectivity index (χ1) is 15.1. The molecular weight excluding hydrogens is 413 g/mol. The van der Waals surface area contributed by atoms with Crippen LogP contribution in [0.3, 0.4) is 0 Å². The summed E-state index contributed by atoms with van der Waals surface area (Å²) in [7, 11) is -1.04. The third kappa shape index (κ3) is 3.80. The molecule has 4 aromatic rings. The Bertz CT molecular complexity index is 1280. The van der Waals surface area contributed by atoms with E-state index in [-0.39, 0.29) is 11.7 Å². The van der Waals surface area contributed by atoms with Gasteiger partial charge < -0.3 is 5.32 Å². The van der Waals surface area contributed by atoms with Crippen LogP contribution in [0.4, 0.5) is 10.2 Å². The number of nitrogens with one attached hydrogen (secondary N) is 1. The molecule has 3 aromatic carbocycles. The van der Waals surface area contributed by atoms with Crippen LogP contribution in [0.25, 0.3) is 16.8 Å². The Kier molecular flexibility index (Phi) is 4.95. The standard InChI is InChI=1S/C24H18FN3O2S/c25-19-10-12-20(13-11-19)28-23(21-14-31(30)15-22(21)27-28)26-24(29)18-8-6-17(7-9-18)16-4-2-1-3-5-16/h1-13H,14-15H2,(H,26,29). The predicted molar refractivity (Wildman–Crippen MR) is 119 cm³/mol. The maximum absolute atomic E-state index is 13.4. The zero-order valence-corrected chi connectivity index (χ0v) is 17.2. The Morgan fingerprint density at radius 2 is 1.58 bits per heavy atom. The molecule has 1 N–H and O–H groups in total. The highest BCUT2D eigenvalue weighted by Crippen LogP contribution is 2.32. The number of amides is 1. The molecule has 0 fully saturated rings. The molecule has 5 nitrogen and oxygen atoms in total. The second kappa shape index (κ2) is 7.92. The summed E-state index contributed by atoms with van der Waals surface area (Å²) < 4.78 is 27.0. The fourth-order valence-electron chi connectivity index (χ4n) is 3.65. The lowest BCUT2D eigenvalue weighted by Crippen LogP contribution is -2.16. The van der Waals surface area contributed by atoms with Crippen LogP contribution in [0.15, 0.2) is 78.9 Å². The van der Waals surface area contributed by atoms with Gasteiger partial charge in [-0.3, -0.25) is 9.00 Å². The largest absolute Gasteiger partial charge is 0.306 e. The summed E-state index contributed by atoms with van der Waals surface area (Å²) in [6.45, 7) is 0. The molecule has 2 heterocycles. The average Bonchev–Trinajstić information content (AvgIpc) is 3.32. The summed E-state index contributed by atoms with van der Waals surface area (Å²) in [5.41, 5.74) is 4.67. The van der Waals surface area contributed by atoms with E-state index in [1.54, 1.807) is 28.9 Å². The van der Waals surface area contributed by atoms with E-state index in [0.29, 0.717) is 34.3 Å². The number of halogens is 1. The maximum Gasteiger partial charge on any atom is 0.256 e. The SMILES string of the molecule is O=C(Nc1c2c(nn1-c1ccc(F)cc1)CS(=O)C2)c1ccc(-c2ccccc2)cc1. The van der Waals surface area contributed by atoms with Crippen molar-refractivity contribution in [3.05, 3.63) is 102 Å². The predicted octanol–water partition coefficient (Wildman–Crippen LogP) is 4.69. The van der Waals surface area contributed by atoms with Crippen molar-refractivity contribution in [2.75, 3.05) is 5.32 Å². The molecule has 5 rings (SSSR count). The molecule has 0 spiro atoms. The molecule has 1 amide bonds. The average molecular weight is 431 g/mol. The summed E-state index contributed by atoms with van der Waals surface area (Å²) in [5.74, 6) is 0.513. The van der Waals surface area contributed by atoms with Crippen LogP contribution in [-0.2, 0) is 22.3 Å². The van der Waals surface area contributed by atoms with Crippen LogP contribution >= 0.6 is 0 Å². The van der Waals surface area contributed by atoms with Crippen molar-refractivity contribution >= 4 is 22.5 Å². The Hall–Kier alpha value is -3.58. The number of hydrogen-bond donors (Lipinski definition) is 1. The molecule has 0 saturated carbocycles. The lowest BCUT2D eigenvalue weighted by atomic mass is 10.0. The van der Waals surface area contributed by atoms with Crippen molar-refractivity contribution in [1.82, 2.24) is 9.78 Å². The minimum absolute atomic E-state index is 0.289. The Balaban J connectivity index is 1.46. The van der Waals surface area contributed by atoms with Crippen molar-refractivity contribution in [3.8, 4) is 16.8 Å². The molecule has 0 aliphatic carbocycles. The fraction of sp³-hybridized carbons (Fsp3) is 0.0833. The summed E-state index contributed by atoms with van der Waals surface area (Å²) in [6.07, 6.45) is 0. The number of carbonyl (C=O) groups excluding carboxylic acids is 1. The summed E-state index contributed by atoms with van der Waals surface area (Å²) in [6, 6.07) is 23.2. The second-order valence-corrected chi connectivity index (χ2v) is 8.75. The molecule has 1 atom stereocenters. The van der Waals surface area contributed by atoms with Gasteiger partial charge in [0, 0.05) is 21.9 Å². The molecule has 1 aromatic heterocycles. The first kappa shape index (κ1) is 19.4. The van der Waals surface area contributed by atoms with E-state index in [2.05, 4.69) is 10.4 Å². The maximum atomic E-state index is 13.4. The van der Waals surface area contributed by atoms with Gasteiger partial charge in [-0.05, 0) is 47.5 Å². The molecule has 0 radical (unpaired) electrons. The third-order valence-corrected chi connectivity index (χ3v) is 6.43. The minimum atomic E-state index is -1.04. The second-order valence-electron chi connectivity index (χ2n) is 7.29. The van der Waals surface area contributed by atoms with Crippen LogP contribution < -0.4 is 5.32 Å². The molecule has 154 valence electrons. The summed E-state index contributed by atoms with van der Waals surface area (Å²) in [5, 5.41) is 7.46. The topological polar surface area (TPSA) is 64.0 Å². The highest BCUT2D eigenvalue weighted by atomic mass is 32.2. The van der Waals surface area contributed by atoms with Crippen LogP contribution in [0.1, 0.15) is 21.6 Å². The number of fused-ring (bicyclic) bond motifs is 1. The lowest BCUT2D eigenvalue weighted by Gasteiger charge is -2.11. The molecule has 7 heteroatoms. The van der Waals surface area contributed by atoms with Gasteiger partial charge in [-0.2, -0.15) is 5.10 Å². The van der Waals surface area contributed by atoms with Crippen LogP contribution in [0.5, 0.6) is 0 Å². The molecule has 0 saturated heterocycles. The number of hydrogen-bond acceptors (Lipinski definition) is 3. The van der Waals surface area contributed by atoms with E-state index >= 15 is 0 Å². The zero-order chi connectivity index (χ0) is 21.4. The van der Waals surface area contributed by atoms with Crippen molar-refractivity contribution < 1.29 is 13.4 Å². The summed E-state index contributed by atoms with van der Waals surface area (Å²) >= 11 is 0. The number of benzene rings is 3. The molecule has 0 bridgehead atoms. The van der Waals surface area contributed by atoms with Crippen molar-refractivity contribution in [2.24, 2.45) is 0 Å². The Morgan fingerprint density at radius 3 is 2.29 bits per heavy atom. The zero-order valence-electron chi connectivity index (χ0n) is 16.4. The van der Waals surface area contributed by atoms with Gasteiger partial charge in [0.05, 0.1) is 22.9 Å². The highest BCUT2D eigenvalue weighted by molar-refractivity contribution is 7.83. The van der Waals surface area contributed by atoms with Crippen LogP contribution in [-0.4, -0.2) is 19.9 Å². The van der Waals surface area contributed by atoms with Gasteiger partial charge in [-0.25, -0.2) is 9.07 Å². The van der Waals surface area contributed by atoms with Gasteiger partial charge in [0.1, 0.15) is 11.6 Å². The number of rotatable bonds is 4. The fourth-order valence-corrected chi connectivity index (χ4v) is 4.91. The number of nitrogens with zero attached hydrogens (tertiary/aromatic N) is 2. The normalized spacial score (nSPS) is 14.9. The summed E-state index contributed by atoms with van der Waals surface area (Å²) in [4.78, 5) is 13.0. The highest BCUT2D eigenvalue weighted by Gasteiger charge is 2.28. The Labute approximate surface area is 181 Å². The van der Waals surface area contributed by atoms with Gasteiger partial charge >= 0.3 is 0 Å². The molecule has 1 aliphatic rings. The first-order valence-corrected chi connectivity index (χ1v) is 11.3. The minimum Gasteiger partial charge on any atom is -0.306 e. The van der Waals surface area contributed by atoms with E-state index in [1.165, 1.54) is 12.1 Å². The molecular formula is C24H18FN3O2S. The number of aromatic nitrogens is 2. The van der Waals surface area contributed by atoms with E-state index < -0.39 is 10.8 Å². The molecule has 1 aliphatic heterocycles. The van der Waals surface area contributed by atoms with Crippen molar-refractivity contribution in [2.45, 2.75) is 11.5 Å². The van der Waals surface area contributed by atoms with Gasteiger partial charge in [0.15, 0.2) is 0 Å². The lowest BCUT2D eigenvalue weighted by molar-refractivity contribution is 0.102. The van der Waals surface area contributed by atoms with Gasteiger partial charge in [0.2, 0.25) is 0 Å². The van der Waals surface area contributed by atoms with Crippen LogP contribution in [0, 0.1) is 5.82 Å².